The standard InChI is InChI=1S/C22H23ClFN5O/c1-29-9-15-13(16(15)10-29)4-5-30-21-8-20-14(7-19(21)25)22(27-11-26-20)28-12-2-3-18(24)17(23)6-12/h2-3,6-8,11,13,15-16H,4-5,9-10,25H2,1H3,(H,26,27,28)/t13-,15-,16+. The molecule has 2 aliphatic rings. The first-order valence-corrected chi connectivity index (χ1v) is 10.4. The Morgan fingerprint density at radius 3 is 2.80 bits per heavy atom. The maximum Gasteiger partial charge on any atom is 0.144 e. The second-order valence-corrected chi connectivity index (χ2v) is 8.64. The highest BCUT2D eigenvalue weighted by atomic mass is 35.5. The van der Waals surface area contributed by atoms with Crippen molar-refractivity contribution in [3.63, 3.8) is 0 Å². The third kappa shape index (κ3) is 3.63. The molecule has 8 heteroatoms. The Kier molecular flexibility index (Phi) is 4.87. The van der Waals surface area contributed by atoms with Gasteiger partial charge < -0.3 is 20.7 Å². The Balaban J connectivity index is 1.30. The van der Waals surface area contributed by atoms with Crippen LogP contribution in [0.15, 0.2) is 36.7 Å². The average molecular weight is 428 g/mol. The monoisotopic (exact) mass is 427 g/mol. The molecule has 1 saturated carbocycles. The zero-order chi connectivity index (χ0) is 20.8. The fourth-order valence-electron chi connectivity index (χ4n) is 4.63. The van der Waals surface area contributed by atoms with Gasteiger partial charge in [0, 0.05) is 30.2 Å². The van der Waals surface area contributed by atoms with Crippen molar-refractivity contribution in [3.8, 4) is 5.75 Å². The Hall–Kier alpha value is -2.64. The SMILES string of the molecule is CN1C[C@@H]2[C@@H](CCOc3cc4ncnc(Nc5ccc(F)c(Cl)c5)c4cc3N)[C@@H]2C1. The van der Waals surface area contributed by atoms with Gasteiger partial charge in [-0.25, -0.2) is 14.4 Å². The van der Waals surface area contributed by atoms with Gasteiger partial charge in [0.1, 0.15) is 23.7 Å². The van der Waals surface area contributed by atoms with Crippen LogP contribution < -0.4 is 15.8 Å². The number of hydrogen-bond donors (Lipinski definition) is 2. The number of aromatic nitrogens is 2. The molecule has 1 aliphatic heterocycles. The molecule has 2 fully saturated rings. The summed E-state index contributed by atoms with van der Waals surface area (Å²) in [4.78, 5) is 11.0. The van der Waals surface area contributed by atoms with Gasteiger partial charge in [-0.2, -0.15) is 0 Å². The molecule has 0 spiro atoms. The molecule has 2 aromatic carbocycles. The van der Waals surface area contributed by atoms with E-state index < -0.39 is 5.82 Å². The van der Waals surface area contributed by atoms with Gasteiger partial charge in [0.2, 0.25) is 0 Å². The number of likely N-dealkylation sites (tertiary alicyclic amines) is 1. The van der Waals surface area contributed by atoms with Crippen LogP contribution in [0.3, 0.4) is 0 Å². The summed E-state index contributed by atoms with van der Waals surface area (Å²) in [5.74, 6) is 3.20. The highest BCUT2D eigenvalue weighted by Crippen LogP contribution is 2.53. The lowest BCUT2D eigenvalue weighted by Crippen LogP contribution is -2.19. The first kappa shape index (κ1) is 19.3. The van der Waals surface area contributed by atoms with Crippen molar-refractivity contribution in [1.29, 1.82) is 0 Å². The summed E-state index contributed by atoms with van der Waals surface area (Å²) in [5.41, 5.74) is 8.13. The number of nitrogens with zero attached hydrogens (tertiary/aromatic N) is 3. The molecule has 1 aromatic heterocycles. The molecule has 0 amide bonds. The number of hydrogen-bond acceptors (Lipinski definition) is 6. The van der Waals surface area contributed by atoms with Crippen LogP contribution >= 0.6 is 11.6 Å². The van der Waals surface area contributed by atoms with E-state index in [0.29, 0.717) is 29.5 Å². The van der Waals surface area contributed by atoms with Crippen LogP contribution in [0.4, 0.5) is 21.6 Å². The van der Waals surface area contributed by atoms with Crippen LogP contribution in [0, 0.1) is 23.6 Å². The number of anilines is 3. The van der Waals surface area contributed by atoms with Crippen LogP contribution in [-0.2, 0) is 0 Å². The molecule has 3 atom stereocenters. The van der Waals surface area contributed by atoms with Gasteiger partial charge in [0.15, 0.2) is 0 Å². The van der Waals surface area contributed by atoms with Gasteiger partial charge >= 0.3 is 0 Å². The minimum absolute atomic E-state index is 0.0417. The first-order chi connectivity index (χ1) is 14.5. The molecule has 0 bridgehead atoms. The number of halogens is 2. The molecule has 1 aliphatic carbocycles. The van der Waals surface area contributed by atoms with Crippen LogP contribution in [0.2, 0.25) is 5.02 Å². The molecule has 6 nitrogen and oxygen atoms in total. The third-order valence-corrected chi connectivity index (χ3v) is 6.50. The van der Waals surface area contributed by atoms with Gasteiger partial charge in [-0.3, -0.25) is 0 Å². The third-order valence-electron chi connectivity index (χ3n) is 6.21. The molecule has 3 aromatic rings. The summed E-state index contributed by atoms with van der Waals surface area (Å²) >= 11 is 5.87. The number of ether oxygens (including phenoxy) is 1. The van der Waals surface area contributed by atoms with Gasteiger partial charge in [-0.05, 0) is 55.5 Å². The molecule has 156 valence electrons. The van der Waals surface area contributed by atoms with Crippen LogP contribution in [0.1, 0.15) is 6.42 Å². The summed E-state index contributed by atoms with van der Waals surface area (Å²) < 4.78 is 19.4. The van der Waals surface area contributed by atoms with Gasteiger partial charge in [0.05, 0.1) is 22.8 Å². The zero-order valence-electron chi connectivity index (χ0n) is 16.6. The van der Waals surface area contributed by atoms with Gasteiger partial charge in [0.25, 0.3) is 0 Å². The van der Waals surface area contributed by atoms with E-state index >= 15 is 0 Å². The van der Waals surface area contributed by atoms with Crippen molar-refractivity contribution in [2.45, 2.75) is 6.42 Å². The molecular weight excluding hydrogens is 405 g/mol. The maximum atomic E-state index is 13.4. The van der Waals surface area contributed by atoms with E-state index in [4.69, 9.17) is 22.1 Å². The molecule has 0 unspecified atom stereocenters. The minimum atomic E-state index is -0.470. The summed E-state index contributed by atoms with van der Waals surface area (Å²) in [6.45, 7) is 3.07. The molecule has 0 radical (unpaired) electrons. The number of piperidine rings is 1. The lowest BCUT2D eigenvalue weighted by molar-refractivity contribution is 0.276. The molecular formula is C22H23ClFN5O. The van der Waals surface area contributed by atoms with Crippen molar-refractivity contribution in [2.24, 2.45) is 17.8 Å². The van der Waals surface area contributed by atoms with Crippen LogP contribution in [0.5, 0.6) is 5.75 Å². The van der Waals surface area contributed by atoms with Crippen molar-refractivity contribution in [2.75, 3.05) is 37.8 Å². The topological polar surface area (TPSA) is 76.3 Å². The first-order valence-electron chi connectivity index (χ1n) is 10.1. The predicted octanol–water partition coefficient (Wildman–Crippen LogP) is 4.32. The predicted molar refractivity (Wildman–Crippen MR) is 117 cm³/mol. The number of nitrogens with two attached hydrogens (primary N) is 1. The highest BCUT2D eigenvalue weighted by Gasteiger charge is 2.53. The molecule has 3 N–H and O–H groups in total. The minimum Gasteiger partial charge on any atom is -0.491 e. The van der Waals surface area contributed by atoms with Crippen molar-refractivity contribution in [3.05, 3.63) is 47.5 Å². The normalized spacial score (nSPS) is 22.8. The van der Waals surface area contributed by atoms with E-state index in [1.807, 2.05) is 6.07 Å². The van der Waals surface area contributed by atoms with Gasteiger partial charge in [-0.15, -0.1) is 0 Å². The summed E-state index contributed by atoms with van der Waals surface area (Å²) in [7, 11) is 2.19. The fraction of sp³-hybridized carbons (Fsp3) is 0.364. The smallest absolute Gasteiger partial charge is 0.144 e. The average Bonchev–Trinajstić information content (AvgIpc) is 3.17. The fourth-order valence-corrected chi connectivity index (χ4v) is 4.81. The molecule has 1 saturated heterocycles. The number of rotatable bonds is 6. The maximum absolute atomic E-state index is 13.4. The van der Waals surface area contributed by atoms with E-state index in [2.05, 4.69) is 27.2 Å². The number of nitrogen functional groups attached to an aromatic ring is 1. The molecule has 30 heavy (non-hydrogen) atoms. The number of nitrogens with one attached hydrogen (secondary N) is 1. The number of benzene rings is 2. The quantitative estimate of drug-likeness (QED) is 0.570. The second kappa shape index (κ2) is 7.56. The Morgan fingerprint density at radius 1 is 1.23 bits per heavy atom. The Labute approximate surface area is 179 Å². The van der Waals surface area contributed by atoms with Crippen LogP contribution in [-0.4, -0.2) is 41.6 Å². The van der Waals surface area contributed by atoms with E-state index in [9.17, 15) is 4.39 Å². The van der Waals surface area contributed by atoms with Crippen molar-refractivity contribution in [1.82, 2.24) is 14.9 Å². The zero-order valence-corrected chi connectivity index (χ0v) is 17.4. The highest BCUT2D eigenvalue weighted by molar-refractivity contribution is 6.31. The molecule has 2 heterocycles. The summed E-state index contributed by atoms with van der Waals surface area (Å²) in [6.07, 6.45) is 2.53. The Morgan fingerprint density at radius 2 is 2.03 bits per heavy atom. The number of fused-ring (bicyclic) bond motifs is 2. The van der Waals surface area contributed by atoms with E-state index in [0.717, 1.165) is 35.1 Å². The largest absolute Gasteiger partial charge is 0.491 e. The summed E-state index contributed by atoms with van der Waals surface area (Å²) in [6, 6.07) is 8.06. The van der Waals surface area contributed by atoms with Crippen molar-refractivity contribution >= 4 is 39.7 Å². The van der Waals surface area contributed by atoms with Gasteiger partial charge in [-0.1, -0.05) is 11.6 Å². The summed E-state index contributed by atoms with van der Waals surface area (Å²) in [5, 5.41) is 3.95. The van der Waals surface area contributed by atoms with Crippen molar-refractivity contribution < 1.29 is 9.13 Å². The Bertz CT molecular complexity index is 1100. The lowest BCUT2D eigenvalue weighted by atomic mass is 10.2. The molecule has 5 rings (SSSR count). The van der Waals surface area contributed by atoms with E-state index in [-0.39, 0.29) is 5.02 Å². The second-order valence-electron chi connectivity index (χ2n) is 8.23. The van der Waals surface area contributed by atoms with E-state index in [1.165, 1.54) is 31.5 Å². The van der Waals surface area contributed by atoms with Crippen LogP contribution in [0.25, 0.3) is 10.9 Å². The lowest BCUT2D eigenvalue weighted by Gasteiger charge is -2.14. The van der Waals surface area contributed by atoms with E-state index in [1.54, 1.807) is 12.1 Å².